The number of rotatable bonds is 8. The highest BCUT2D eigenvalue weighted by atomic mass is 32.1. The number of hydrogen-bond acceptors (Lipinski definition) is 6. The summed E-state index contributed by atoms with van der Waals surface area (Å²) < 4.78 is 0. The third-order valence-electron chi connectivity index (χ3n) is 6.34. The number of Topliss-reactive ketones (excluding diaryl/α,β-unsaturated/α-hetero) is 1. The molecule has 1 aromatic rings. The van der Waals surface area contributed by atoms with E-state index in [9.17, 15) is 9.90 Å². The van der Waals surface area contributed by atoms with Crippen molar-refractivity contribution in [3.63, 3.8) is 0 Å². The number of benzene rings is 1. The Morgan fingerprint density at radius 2 is 2.06 bits per heavy atom. The number of carbonyl (C=O) groups excluding carboxylic acids is 1. The summed E-state index contributed by atoms with van der Waals surface area (Å²) in [4.78, 5) is 20.2. The van der Waals surface area contributed by atoms with Crippen molar-refractivity contribution in [2.75, 3.05) is 4.90 Å². The van der Waals surface area contributed by atoms with Crippen molar-refractivity contribution < 1.29 is 9.90 Å². The minimum atomic E-state index is -0.620. The van der Waals surface area contributed by atoms with Gasteiger partial charge in [0.2, 0.25) is 0 Å². The highest BCUT2D eigenvalue weighted by Gasteiger charge is 2.48. The van der Waals surface area contributed by atoms with Crippen LogP contribution in [0.5, 0.6) is 5.75 Å². The van der Waals surface area contributed by atoms with Crippen molar-refractivity contribution >= 4 is 40.2 Å². The quantitative estimate of drug-likeness (QED) is 0.363. The first kappa shape index (κ1) is 23.9. The highest BCUT2D eigenvalue weighted by Crippen LogP contribution is 2.43. The zero-order chi connectivity index (χ0) is 23.6. The van der Waals surface area contributed by atoms with Crippen molar-refractivity contribution in [1.82, 2.24) is 5.32 Å². The van der Waals surface area contributed by atoms with Gasteiger partial charge >= 0.3 is 0 Å². The molecular weight excluding hydrogens is 420 g/mol. The van der Waals surface area contributed by atoms with E-state index in [4.69, 9.17) is 17.6 Å². The van der Waals surface area contributed by atoms with Crippen LogP contribution in [0.4, 0.5) is 5.69 Å². The maximum absolute atomic E-state index is 12.9. The minimum absolute atomic E-state index is 0.0557. The van der Waals surface area contributed by atoms with Crippen LogP contribution in [0, 0.1) is 5.41 Å². The number of carbonyl (C=O) groups is 1. The van der Waals surface area contributed by atoms with Crippen LogP contribution in [-0.4, -0.2) is 33.0 Å². The zero-order valence-corrected chi connectivity index (χ0v) is 20.2. The maximum atomic E-state index is 12.9. The lowest BCUT2D eigenvalue weighted by Gasteiger charge is -2.49. The number of nitrogens with one attached hydrogen (secondary N) is 2. The average Bonchev–Trinajstić information content (AvgIpc) is 2.72. The molecule has 170 valence electrons. The van der Waals surface area contributed by atoms with Gasteiger partial charge in [-0.25, -0.2) is 4.99 Å². The van der Waals surface area contributed by atoms with E-state index >= 15 is 0 Å². The molecule has 1 fully saturated rings. The molecule has 0 amide bonds. The summed E-state index contributed by atoms with van der Waals surface area (Å²) in [5.74, 6) is 0.667. The fourth-order valence-corrected chi connectivity index (χ4v) is 4.72. The van der Waals surface area contributed by atoms with E-state index in [1.165, 1.54) is 0 Å². The first-order valence-electron chi connectivity index (χ1n) is 11.2. The summed E-state index contributed by atoms with van der Waals surface area (Å²) in [6.45, 7) is 11.7. The van der Waals surface area contributed by atoms with Gasteiger partial charge in [-0.05, 0) is 63.3 Å². The number of phenolic OH excluding ortho intramolecular Hbond substituents is 1. The van der Waals surface area contributed by atoms with Crippen LogP contribution in [0.2, 0.25) is 0 Å². The van der Waals surface area contributed by atoms with Crippen LogP contribution in [0.15, 0.2) is 46.7 Å². The third-order valence-corrected chi connectivity index (χ3v) is 6.53. The summed E-state index contributed by atoms with van der Waals surface area (Å²) in [7, 11) is 0. The SMILES string of the molecule is C=C1NC(c2cc(N(C(C)=S)C3(C(=O)CC)CCC3)ccc2O)=NC(C(=N)CCC)=C1C. The summed E-state index contributed by atoms with van der Waals surface area (Å²) in [6, 6.07) is 5.21. The lowest BCUT2D eigenvalue weighted by atomic mass is 9.71. The van der Waals surface area contributed by atoms with E-state index in [0.29, 0.717) is 46.3 Å². The molecular formula is C25H32N4O2S. The van der Waals surface area contributed by atoms with Crippen LogP contribution < -0.4 is 10.2 Å². The number of anilines is 1. The molecule has 1 aliphatic carbocycles. The monoisotopic (exact) mass is 452 g/mol. The fourth-order valence-electron chi connectivity index (χ4n) is 4.44. The molecule has 0 radical (unpaired) electrons. The number of amidine groups is 1. The molecule has 1 heterocycles. The van der Waals surface area contributed by atoms with Crippen LogP contribution >= 0.6 is 12.2 Å². The first-order valence-corrected chi connectivity index (χ1v) is 11.6. The first-order chi connectivity index (χ1) is 15.2. The minimum Gasteiger partial charge on any atom is -0.507 e. The number of aliphatic imine (C=N–C) groups is 1. The van der Waals surface area contributed by atoms with Gasteiger partial charge < -0.3 is 20.7 Å². The molecule has 0 saturated heterocycles. The van der Waals surface area contributed by atoms with Crippen LogP contribution in [-0.2, 0) is 4.79 Å². The molecule has 0 atom stereocenters. The zero-order valence-electron chi connectivity index (χ0n) is 19.3. The van der Waals surface area contributed by atoms with Crippen LogP contribution in [0.3, 0.4) is 0 Å². The number of nitrogens with zero attached hydrogens (tertiary/aromatic N) is 2. The molecule has 2 aliphatic rings. The molecule has 7 heteroatoms. The van der Waals surface area contributed by atoms with Gasteiger partial charge in [-0.2, -0.15) is 0 Å². The molecule has 3 N–H and O–H groups in total. The molecule has 0 aromatic heterocycles. The molecule has 1 aromatic carbocycles. The predicted molar refractivity (Wildman–Crippen MR) is 135 cm³/mol. The Labute approximate surface area is 195 Å². The van der Waals surface area contributed by atoms with Gasteiger partial charge in [0, 0.05) is 17.8 Å². The highest BCUT2D eigenvalue weighted by molar-refractivity contribution is 7.80. The van der Waals surface area contributed by atoms with Gasteiger partial charge in [-0.15, -0.1) is 0 Å². The second-order valence-corrected chi connectivity index (χ2v) is 9.07. The number of thiocarbonyl (C=S) groups is 1. The fraction of sp³-hybridized carbons (Fsp3) is 0.440. The Bertz CT molecular complexity index is 1050. The van der Waals surface area contributed by atoms with Gasteiger partial charge in [0.05, 0.1) is 22.0 Å². The second-order valence-electron chi connectivity index (χ2n) is 8.48. The van der Waals surface area contributed by atoms with Gasteiger partial charge in [0.1, 0.15) is 17.1 Å². The van der Waals surface area contributed by atoms with Gasteiger partial charge in [0.25, 0.3) is 0 Å². The van der Waals surface area contributed by atoms with E-state index in [1.54, 1.807) is 12.1 Å². The number of phenols is 1. The normalized spacial score (nSPS) is 17.2. The summed E-state index contributed by atoms with van der Waals surface area (Å²) >= 11 is 5.58. The van der Waals surface area contributed by atoms with Crippen molar-refractivity contribution in [1.29, 1.82) is 5.41 Å². The van der Waals surface area contributed by atoms with Crippen LogP contribution in [0.25, 0.3) is 0 Å². The second kappa shape index (κ2) is 9.36. The largest absolute Gasteiger partial charge is 0.507 e. The Hall–Kier alpha value is -2.80. The van der Waals surface area contributed by atoms with Crippen molar-refractivity contribution in [3.05, 3.63) is 47.3 Å². The maximum Gasteiger partial charge on any atom is 0.158 e. The van der Waals surface area contributed by atoms with E-state index in [1.807, 2.05) is 38.7 Å². The number of ketones is 1. The molecule has 6 nitrogen and oxygen atoms in total. The van der Waals surface area contributed by atoms with Crippen molar-refractivity contribution in [3.8, 4) is 5.75 Å². The molecule has 0 spiro atoms. The summed E-state index contributed by atoms with van der Waals surface area (Å²) in [5.41, 5.74) is 3.10. The summed E-state index contributed by atoms with van der Waals surface area (Å²) in [6.07, 6.45) is 4.42. The smallest absolute Gasteiger partial charge is 0.158 e. The number of hydrogen-bond donors (Lipinski definition) is 3. The van der Waals surface area contributed by atoms with Crippen LogP contribution in [0.1, 0.15) is 71.8 Å². The Kier molecular flexibility index (Phi) is 6.98. The summed E-state index contributed by atoms with van der Waals surface area (Å²) in [5, 5.41) is 22.2. The Morgan fingerprint density at radius 3 is 2.59 bits per heavy atom. The molecule has 1 aliphatic heterocycles. The molecule has 1 saturated carbocycles. The molecule has 32 heavy (non-hydrogen) atoms. The topological polar surface area (TPSA) is 88.8 Å². The Balaban J connectivity index is 2.10. The van der Waals surface area contributed by atoms with Crippen molar-refractivity contribution in [2.45, 2.75) is 71.8 Å². The van der Waals surface area contributed by atoms with E-state index in [-0.39, 0.29) is 11.5 Å². The van der Waals surface area contributed by atoms with Gasteiger partial charge in [-0.1, -0.05) is 39.1 Å². The number of aromatic hydroxyl groups is 1. The average molecular weight is 453 g/mol. The van der Waals surface area contributed by atoms with Gasteiger partial charge in [0.15, 0.2) is 5.78 Å². The standard InChI is InChI=1S/C25H32N4O2S/c1-6-9-20(26)23-15(3)16(4)27-24(28-23)19-14-18(10-11-21(19)30)29(17(5)32)25(12-8-13-25)22(31)7-2/h10-11,14,26,30H,4,6-9,12-13H2,1-3,5H3,(H,27,28). The third kappa shape index (κ3) is 4.13. The predicted octanol–water partition coefficient (Wildman–Crippen LogP) is 5.41. The van der Waals surface area contributed by atoms with E-state index < -0.39 is 5.54 Å². The molecule has 3 rings (SSSR count). The van der Waals surface area contributed by atoms with E-state index in [0.717, 1.165) is 36.9 Å². The number of allylic oxidation sites excluding steroid dienone is 2. The Morgan fingerprint density at radius 1 is 1.38 bits per heavy atom. The lowest BCUT2D eigenvalue weighted by molar-refractivity contribution is -0.126. The molecule has 0 bridgehead atoms. The van der Waals surface area contributed by atoms with E-state index in [2.05, 4.69) is 16.9 Å². The van der Waals surface area contributed by atoms with Crippen molar-refractivity contribution in [2.24, 2.45) is 4.99 Å². The molecule has 0 unspecified atom stereocenters. The van der Waals surface area contributed by atoms with Gasteiger partial charge in [-0.3, -0.25) is 4.79 Å². The lowest BCUT2D eigenvalue weighted by Crippen LogP contribution is -2.60.